The lowest BCUT2D eigenvalue weighted by Crippen LogP contribution is -2.15. The molecule has 1 atom stereocenters. The Morgan fingerprint density at radius 1 is 1.21 bits per heavy atom. The van der Waals surface area contributed by atoms with E-state index in [2.05, 4.69) is 43.6 Å². The third-order valence-electron chi connectivity index (χ3n) is 3.30. The molecule has 0 N–H and O–H groups in total. The molecule has 0 saturated carbocycles. The van der Waals surface area contributed by atoms with Gasteiger partial charge in [0, 0.05) is 16.5 Å². The van der Waals surface area contributed by atoms with Crippen LogP contribution in [0.25, 0.3) is 0 Å². The van der Waals surface area contributed by atoms with Crippen LogP contribution in [0.5, 0.6) is 0 Å². The Bertz CT molecular complexity index is 469. The van der Waals surface area contributed by atoms with E-state index in [0.29, 0.717) is 12.3 Å². The van der Waals surface area contributed by atoms with Crippen LogP contribution in [0.2, 0.25) is 0 Å². The van der Waals surface area contributed by atoms with E-state index in [9.17, 15) is 4.79 Å². The number of halogens is 1. The van der Waals surface area contributed by atoms with Gasteiger partial charge in [-0.1, -0.05) is 43.6 Å². The summed E-state index contributed by atoms with van der Waals surface area (Å²) in [6, 6.07) is 4.04. The maximum absolute atomic E-state index is 12.4. The van der Waals surface area contributed by atoms with Crippen molar-refractivity contribution in [2.45, 2.75) is 54.4 Å². The molecule has 0 spiro atoms. The number of Topliss-reactive ketones (excluding diaryl/α,β-unsaturated/α-hetero) is 1. The average Bonchev–Trinajstić information content (AvgIpc) is 2.20. The quantitative estimate of drug-likeness (QED) is 0.648. The number of hydrogen-bond acceptors (Lipinski definition) is 1. The minimum absolute atomic E-state index is 0.268. The SMILES string of the molecule is Cc1cc(C(=O)CC(C)CC(C)(C)C)c(C)cc1Br. The summed E-state index contributed by atoms with van der Waals surface area (Å²) in [6.45, 7) is 12.9. The molecule has 1 aromatic rings. The third kappa shape index (κ3) is 5.10. The number of aryl methyl sites for hydroxylation is 2. The van der Waals surface area contributed by atoms with Crippen molar-refractivity contribution in [2.24, 2.45) is 11.3 Å². The highest BCUT2D eigenvalue weighted by atomic mass is 79.9. The van der Waals surface area contributed by atoms with E-state index in [1.54, 1.807) is 0 Å². The lowest BCUT2D eigenvalue weighted by atomic mass is 9.82. The Kier molecular flexibility index (Phi) is 5.37. The van der Waals surface area contributed by atoms with E-state index in [-0.39, 0.29) is 11.2 Å². The van der Waals surface area contributed by atoms with Crippen molar-refractivity contribution in [3.63, 3.8) is 0 Å². The zero-order valence-electron chi connectivity index (χ0n) is 12.9. The van der Waals surface area contributed by atoms with Gasteiger partial charge in [-0.15, -0.1) is 0 Å². The van der Waals surface area contributed by atoms with Gasteiger partial charge in [-0.3, -0.25) is 4.79 Å². The molecule has 0 aliphatic rings. The van der Waals surface area contributed by atoms with Gasteiger partial charge in [0.25, 0.3) is 0 Å². The normalized spacial score (nSPS) is 13.4. The Balaban J connectivity index is 2.82. The molecule has 0 aliphatic carbocycles. The molecule has 1 aromatic carbocycles. The zero-order chi connectivity index (χ0) is 14.8. The van der Waals surface area contributed by atoms with Crippen LogP contribution in [-0.4, -0.2) is 5.78 Å². The van der Waals surface area contributed by atoms with Gasteiger partial charge in [-0.25, -0.2) is 0 Å². The summed E-state index contributed by atoms with van der Waals surface area (Å²) in [5.41, 5.74) is 3.34. The Morgan fingerprint density at radius 2 is 1.79 bits per heavy atom. The molecule has 1 rings (SSSR count). The molecule has 1 nitrogen and oxygen atoms in total. The second-order valence-corrected chi connectivity index (χ2v) is 7.77. The lowest BCUT2D eigenvalue weighted by molar-refractivity contribution is 0.0953. The maximum atomic E-state index is 12.4. The van der Waals surface area contributed by atoms with Gasteiger partial charge in [0.1, 0.15) is 0 Å². The van der Waals surface area contributed by atoms with Crippen LogP contribution in [0.15, 0.2) is 16.6 Å². The summed E-state index contributed by atoms with van der Waals surface area (Å²) in [4.78, 5) is 12.4. The van der Waals surface area contributed by atoms with Gasteiger partial charge in [-0.2, -0.15) is 0 Å². The first kappa shape index (κ1) is 16.4. The zero-order valence-corrected chi connectivity index (χ0v) is 14.5. The summed E-state index contributed by atoms with van der Waals surface area (Å²) >= 11 is 3.51. The predicted octanol–water partition coefficient (Wildman–Crippen LogP) is 5.71. The molecule has 106 valence electrons. The predicted molar refractivity (Wildman–Crippen MR) is 85.8 cm³/mol. The average molecular weight is 325 g/mol. The number of ketones is 1. The molecule has 0 radical (unpaired) electrons. The largest absolute Gasteiger partial charge is 0.294 e. The Morgan fingerprint density at radius 3 is 2.32 bits per heavy atom. The van der Waals surface area contributed by atoms with Crippen LogP contribution in [0.1, 0.15) is 62.0 Å². The van der Waals surface area contributed by atoms with Crippen LogP contribution in [0.3, 0.4) is 0 Å². The summed E-state index contributed by atoms with van der Waals surface area (Å²) in [7, 11) is 0. The molecule has 0 amide bonds. The molecular formula is C17H25BrO. The van der Waals surface area contributed by atoms with Crippen LogP contribution >= 0.6 is 15.9 Å². The minimum Gasteiger partial charge on any atom is -0.294 e. The van der Waals surface area contributed by atoms with Crippen molar-refractivity contribution in [1.82, 2.24) is 0 Å². The molecular weight excluding hydrogens is 300 g/mol. The first-order valence-electron chi connectivity index (χ1n) is 6.90. The first-order chi connectivity index (χ1) is 8.60. The van der Waals surface area contributed by atoms with Crippen LogP contribution in [0.4, 0.5) is 0 Å². The fourth-order valence-corrected chi connectivity index (χ4v) is 3.08. The molecule has 0 saturated heterocycles. The Hall–Kier alpha value is -0.630. The van der Waals surface area contributed by atoms with E-state index in [4.69, 9.17) is 0 Å². The van der Waals surface area contributed by atoms with E-state index < -0.39 is 0 Å². The van der Waals surface area contributed by atoms with Gasteiger partial charge in [0.05, 0.1) is 0 Å². The minimum atomic E-state index is 0.268. The molecule has 0 bridgehead atoms. The second-order valence-electron chi connectivity index (χ2n) is 6.91. The van der Waals surface area contributed by atoms with Crippen molar-refractivity contribution >= 4 is 21.7 Å². The molecule has 0 fully saturated rings. The van der Waals surface area contributed by atoms with Crippen molar-refractivity contribution in [1.29, 1.82) is 0 Å². The fourth-order valence-electron chi connectivity index (χ4n) is 2.63. The van der Waals surface area contributed by atoms with E-state index in [0.717, 1.165) is 27.6 Å². The number of carbonyl (C=O) groups excluding carboxylic acids is 1. The molecule has 19 heavy (non-hydrogen) atoms. The number of rotatable bonds is 4. The van der Waals surface area contributed by atoms with E-state index in [1.807, 2.05) is 26.0 Å². The standard InChI is InChI=1S/C17H25BrO/c1-11(10-17(4,5)6)7-16(19)14-8-13(3)15(18)9-12(14)2/h8-9,11H,7,10H2,1-6H3. The summed E-state index contributed by atoms with van der Waals surface area (Å²) in [5.74, 6) is 0.695. The van der Waals surface area contributed by atoms with E-state index >= 15 is 0 Å². The lowest BCUT2D eigenvalue weighted by Gasteiger charge is -2.23. The second kappa shape index (κ2) is 6.21. The molecule has 0 heterocycles. The van der Waals surface area contributed by atoms with Gasteiger partial charge in [0.2, 0.25) is 0 Å². The fraction of sp³-hybridized carbons (Fsp3) is 0.588. The van der Waals surface area contributed by atoms with Crippen LogP contribution in [0, 0.1) is 25.2 Å². The van der Waals surface area contributed by atoms with Crippen molar-refractivity contribution in [3.05, 3.63) is 33.3 Å². The summed E-state index contributed by atoms with van der Waals surface area (Å²) in [5, 5.41) is 0. The number of hydrogen-bond donors (Lipinski definition) is 0. The van der Waals surface area contributed by atoms with Crippen LogP contribution in [-0.2, 0) is 0 Å². The Labute approximate surface area is 125 Å². The van der Waals surface area contributed by atoms with Gasteiger partial charge < -0.3 is 0 Å². The summed E-state index contributed by atoms with van der Waals surface area (Å²) < 4.78 is 1.07. The van der Waals surface area contributed by atoms with Gasteiger partial charge in [-0.05, 0) is 54.9 Å². The van der Waals surface area contributed by atoms with Crippen molar-refractivity contribution < 1.29 is 4.79 Å². The monoisotopic (exact) mass is 324 g/mol. The number of carbonyl (C=O) groups is 1. The van der Waals surface area contributed by atoms with E-state index in [1.165, 1.54) is 0 Å². The topological polar surface area (TPSA) is 17.1 Å². The highest BCUT2D eigenvalue weighted by Crippen LogP contribution is 2.28. The first-order valence-corrected chi connectivity index (χ1v) is 7.69. The van der Waals surface area contributed by atoms with Crippen LogP contribution < -0.4 is 0 Å². The molecule has 0 aliphatic heterocycles. The molecule has 2 heteroatoms. The highest BCUT2D eigenvalue weighted by molar-refractivity contribution is 9.10. The molecule has 1 unspecified atom stereocenters. The number of benzene rings is 1. The highest BCUT2D eigenvalue weighted by Gasteiger charge is 2.19. The summed E-state index contributed by atoms with van der Waals surface area (Å²) in [6.07, 6.45) is 1.71. The van der Waals surface area contributed by atoms with Crippen molar-refractivity contribution in [3.8, 4) is 0 Å². The third-order valence-corrected chi connectivity index (χ3v) is 4.16. The molecule has 0 aromatic heterocycles. The smallest absolute Gasteiger partial charge is 0.163 e. The van der Waals surface area contributed by atoms with Gasteiger partial charge in [0.15, 0.2) is 5.78 Å². The van der Waals surface area contributed by atoms with Crippen molar-refractivity contribution in [2.75, 3.05) is 0 Å². The van der Waals surface area contributed by atoms with Gasteiger partial charge >= 0.3 is 0 Å². The maximum Gasteiger partial charge on any atom is 0.163 e.